The standard InChI is InChI=1S/C19H15FN4O4S/c20-15-3-1-2-4-17(15)28-19-21-10-13(11-22-19)24-29(26,27)14-6-7-16-12(9-14)5-8-18(25)23-16/h1-4,6-7,9-11,24H,5,8H2,(H,23,25). The molecule has 0 atom stereocenters. The predicted octanol–water partition coefficient (Wildman–Crippen LogP) is 3.09. The van der Waals surface area contributed by atoms with E-state index in [1.807, 2.05) is 0 Å². The molecule has 29 heavy (non-hydrogen) atoms. The molecule has 1 aromatic heterocycles. The monoisotopic (exact) mass is 414 g/mol. The summed E-state index contributed by atoms with van der Waals surface area (Å²) >= 11 is 0. The average molecular weight is 414 g/mol. The van der Waals surface area contributed by atoms with E-state index in [2.05, 4.69) is 20.0 Å². The number of ether oxygens (including phenoxy) is 1. The number of hydrogen-bond donors (Lipinski definition) is 2. The van der Waals surface area contributed by atoms with Crippen LogP contribution in [-0.2, 0) is 21.2 Å². The maximum atomic E-state index is 13.6. The third-order valence-electron chi connectivity index (χ3n) is 4.20. The number of nitrogens with zero attached hydrogens (tertiary/aromatic N) is 2. The van der Waals surface area contributed by atoms with Gasteiger partial charge in [0.15, 0.2) is 11.6 Å². The van der Waals surface area contributed by atoms with Crippen LogP contribution in [0.15, 0.2) is 59.8 Å². The highest BCUT2D eigenvalue weighted by atomic mass is 32.2. The SMILES string of the molecule is O=C1CCc2cc(S(=O)(=O)Nc3cnc(Oc4ccccc4F)nc3)ccc2N1. The largest absolute Gasteiger partial charge is 0.421 e. The van der Waals surface area contributed by atoms with Crippen LogP contribution in [0.5, 0.6) is 11.8 Å². The minimum atomic E-state index is -3.88. The Hall–Kier alpha value is -3.53. The molecular weight excluding hydrogens is 399 g/mol. The van der Waals surface area contributed by atoms with Crippen LogP contribution in [0.4, 0.5) is 15.8 Å². The molecule has 10 heteroatoms. The summed E-state index contributed by atoms with van der Waals surface area (Å²) in [7, 11) is -3.88. The van der Waals surface area contributed by atoms with Crippen molar-refractivity contribution in [2.75, 3.05) is 10.0 Å². The van der Waals surface area contributed by atoms with Gasteiger partial charge in [-0.05, 0) is 42.3 Å². The molecule has 0 bridgehead atoms. The third kappa shape index (κ3) is 4.16. The molecule has 0 saturated carbocycles. The molecule has 4 rings (SSSR count). The van der Waals surface area contributed by atoms with Crippen LogP contribution in [0.25, 0.3) is 0 Å². The molecule has 1 amide bonds. The topological polar surface area (TPSA) is 110 Å². The van der Waals surface area contributed by atoms with Crippen molar-refractivity contribution in [3.8, 4) is 11.8 Å². The zero-order chi connectivity index (χ0) is 20.4. The van der Waals surface area contributed by atoms with Gasteiger partial charge in [0.1, 0.15) is 0 Å². The molecule has 0 saturated heterocycles. The van der Waals surface area contributed by atoms with Crippen molar-refractivity contribution in [3.63, 3.8) is 0 Å². The number of anilines is 2. The lowest BCUT2D eigenvalue weighted by atomic mass is 10.0. The van der Waals surface area contributed by atoms with Gasteiger partial charge >= 0.3 is 6.01 Å². The van der Waals surface area contributed by atoms with Gasteiger partial charge in [-0.1, -0.05) is 12.1 Å². The van der Waals surface area contributed by atoms with E-state index in [-0.39, 0.29) is 28.3 Å². The van der Waals surface area contributed by atoms with E-state index in [1.165, 1.54) is 42.7 Å². The summed E-state index contributed by atoms with van der Waals surface area (Å²) < 4.78 is 46.5. The van der Waals surface area contributed by atoms with E-state index in [0.717, 1.165) is 5.56 Å². The number of rotatable bonds is 5. The Labute approximate surface area is 165 Å². The van der Waals surface area contributed by atoms with Crippen LogP contribution < -0.4 is 14.8 Å². The van der Waals surface area contributed by atoms with E-state index >= 15 is 0 Å². The normalized spacial score (nSPS) is 13.3. The summed E-state index contributed by atoms with van der Waals surface area (Å²) in [4.78, 5) is 19.3. The molecule has 148 valence electrons. The van der Waals surface area contributed by atoms with Crippen LogP contribution in [0, 0.1) is 5.82 Å². The number of nitrogens with one attached hydrogen (secondary N) is 2. The number of para-hydroxylation sites is 1. The fourth-order valence-corrected chi connectivity index (χ4v) is 3.87. The second kappa shape index (κ2) is 7.47. The van der Waals surface area contributed by atoms with Crippen molar-refractivity contribution < 1.29 is 22.3 Å². The number of hydrogen-bond acceptors (Lipinski definition) is 6. The first kappa shape index (κ1) is 18.8. The molecule has 0 aliphatic carbocycles. The summed E-state index contributed by atoms with van der Waals surface area (Å²) in [5.41, 5.74) is 1.48. The van der Waals surface area contributed by atoms with Gasteiger partial charge in [0.2, 0.25) is 5.91 Å². The van der Waals surface area contributed by atoms with Crippen molar-refractivity contribution in [2.45, 2.75) is 17.7 Å². The summed E-state index contributed by atoms with van der Waals surface area (Å²) in [6, 6.07) is 10.2. The number of sulfonamides is 1. The van der Waals surface area contributed by atoms with E-state index < -0.39 is 15.8 Å². The first-order chi connectivity index (χ1) is 13.9. The van der Waals surface area contributed by atoms with Crippen LogP contribution in [0.1, 0.15) is 12.0 Å². The highest BCUT2D eigenvalue weighted by Crippen LogP contribution is 2.27. The van der Waals surface area contributed by atoms with Gasteiger partial charge in [0, 0.05) is 12.1 Å². The van der Waals surface area contributed by atoms with Gasteiger partial charge in [-0.25, -0.2) is 22.8 Å². The van der Waals surface area contributed by atoms with Crippen molar-refractivity contribution in [3.05, 3.63) is 66.2 Å². The Morgan fingerprint density at radius 2 is 1.83 bits per heavy atom. The van der Waals surface area contributed by atoms with Crippen LogP contribution in [0.3, 0.4) is 0 Å². The molecule has 0 unspecified atom stereocenters. The third-order valence-corrected chi connectivity index (χ3v) is 5.58. The molecule has 1 aliphatic rings. The first-order valence-corrected chi connectivity index (χ1v) is 10.1. The van der Waals surface area contributed by atoms with Crippen LogP contribution in [-0.4, -0.2) is 24.3 Å². The number of aryl methyl sites for hydroxylation is 1. The van der Waals surface area contributed by atoms with Crippen molar-refractivity contribution in [2.24, 2.45) is 0 Å². The molecule has 2 aromatic carbocycles. The summed E-state index contributed by atoms with van der Waals surface area (Å²) in [6.07, 6.45) is 3.22. The number of carbonyl (C=O) groups excluding carboxylic acids is 1. The summed E-state index contributed by atoms with van der Waals surface area (Å²) in [6.45, 7) is 0. The van der Waals surface area contributed by atoms with E-state index in [9.17, 15) is 17.6 Å². The van der Waals surface area contributed by atoms with E-state index in [0.29, 0.717) is 18.5 Å². The van der Waals surface area contributed by atoms with Gasteiger partial charge in [0.25, 0.3) is 10.0 Å². The number of aromatic nitrogens is 2. The first-order valence-electron chi connectivity index (χ1n) is 8.61. The highest BCUT2D eigenvalue weighted by molar-refractivity contribution is 7.92. The molecule has 0 spiro atoms. The lowest BCUT2D eigenvalue weighted by Crippen LogP contribution is -2.20. The van der Waals surface area contributed by atoms with Gasteiger partial charge in [-0.15, -0.1) is 0 Å². The number of benzene rings is 2. The number of fused-ring (bicyclic) bond motifs is 1. The van der Waals surface area contributed by atoms with Crippen molar-refractivity contribution in [1.82, 2.24) is 9.97 Å². The fourth-order valence-electron chi connectivity index (χ4n) is 2.79. The molecular formula is C19H15FN4O4S. The Morgan fingerprint density at radius 1 is 1.07 bits per heavy atom. The fraction of sp³-hybridized carbons (Fsp3) is 0.105. The van der Waals surface area contributed by atoms with Gasteiger partial charge < -0.3 is 10.1 Å². The maximum Gasteiger partial charge on any atom is 0.322 e. The maximum absolute atomic E-state index is 13.6. The Kier molecular flexibility index (Phi) is 4.85. The zero-order valence-electron chi connectivity index (χ0n) is 14.9. The molecule has 3 aromatic rings. The van der Waals surface area contributed by atoms with Crippen LogP contribution >= 0.6 is 0 Å². The smallest absolute Gasteiger partial charge is 0.322 e. The minimum Gasteiger partial charge on any atom is -0.421 e. The quantitative estimate of drug-likeness (QED) is 0.664. The Bertz CT molecular complexity index is 1180. The molecule has 0 fully saturated rings. The number of carbonyl (C=O) groups is 1. The predicted molar refractivity (Wildman–Crippen MR) is 103 cm³/mol. The highest BCUT2D eigenvalue weighted by Gasteiger charge is 2.20. The second-order valence-electron chi connectivity index (χ2n) is 6.26. The molecule has 2 heterocycles. The molecule has 1 aliphatic heterocycles. The second-order valence-corrected chi connectivity index (χ2v) is 7.94. The lowest BCUT2D eigenvalue weighted by molar-refractivity contribution is -0.116. The van der Waals surface area contributed by atoms with E-state index in [1.54, 1.807) is 12.1 Å². The van der Waals surface area contributed by atoms with Gasteiger partial charge in [-0.2, -0.15) is 0 Å². The van der Waals surface area contributed by atoms with Gasteiger partial charge in [-0.3, -0.25) is 9.52 Å². The average Bonchev–Trinajstić information content (AvgIpc) is 2.70. The lowest BCUT2D eigenvalue weighted by Gasteiger charge is -2.17. The Balaban J connectivity index is 1.50. The Morgan fingerprint density at radius 3 is 2.59 bits per heavy atom. The van der Waals surface area contributed by atoms with Crippen molar-refractivity contribution in [1.29, 1.82) is 0 Å². The number of halogens is 1. The molecule has 2 N–H and O–H groups in total. The molecule has 8 nitrogen and oxygen atoms in total. The molecule has 0 radical (unpaired) electrons. The van der Waals surface area contributed by atoms with Crippen molar-refractivity contribution >= 4 is 27.3 Å². The number of amides is 1. The minimum absolute atomic E-state index is 0.0398. The van der Waals surface area contributed by atoms with E-state index in [4.69, 9.17) is 4.74 Å². The summed E-state index contributed by atoms with van der Waals surface area (Å²) in [5, 5.41) is 2.70. The summed E-state index contributed by atoms with van der Waals surface area (Å²) in [5.74, 6) is -0.701. The van der Waals surface area contributed by atoms with Gasteiger partial charge in [0.05, 0.1) is 23.0 Å². The zero-order valence-corrected chi connectivity index (χ0v) is 15.7. The van der Waals surface area contributed by atoms with Crippen LogP contribution in [0.2, 0.25) is 0 Å².